The molecule has 0 aromatic rings. The van der Waals surface area contributed by atoms with Crippen LogP contribution in [0, 0.1) is 5.92 Å². The van der Waals surface area contributed by atoms with Crippen molar-refractivity contribution in [3.05, 3.63) is 0 Å². The Balaban J connectivity index is 2.63. The van der Waals surface area contributed by atoms with Gasteiger partial charge >= 0.3 is 5.97 Å². The van der Waals surface area contributed by atoms with Crippen LogP contribution in [0.4, 0.5) is 0 Å². The summed E-state index contributed by atoms with van der Waals surface area (Å²) in [6.07, 6.45) is 2.49. The Hall–Kier alpha value is -1.10. The molecule has 1 amide bonds. The van der Waals surface area contributed by atoms with Crippen molar-refractivity contribution in [2.24, 2.45) is 5.92 Å². The summed E-state index contributed by atoms with van der Waals surface area (Å²) in [5.41, 5.74) is 0. The molecule has 17 heavy (non-hydrogen) atoms. The van der Waals surface area contributed by atoms with Gasteiger partial charge in [0.2, 0.25) is 5.91 Å². The Bertz CT molecular complexity index is 281. The number of carboxylic acids is 1. The Morgan fingerprint density at radius 3 is 2.65 bits per heavy atom. The minimum Gasteiger partial charge on any atom is -0.480 e. The summed E-state index contributed by atoms with van der Waals surface area (Å²) in [6.45, 7) is 5.51. The van der Waals surface area contributed by atoms with Crippen molar-refractivity contribution in [3.63, 3.8) is 0 Å². The smallest absolute Gasteiger partial charge is 0.326 e. The molecule has 0 aromatic heterocycles. The fraction of sp³-hybridized carbons (Fsp3) is 0.833. The summed E-state index contributed by atoms with van der Waals surface area (Å²) in [4.78, 5) is 24.6. The highest BCUT2D eigenvalue weighted by molar-refractivity contribution is 5.85. The Morgan fingerprint density at radius 1 is 1.41 bits per heavy atom. The number of likely N-dealkylation sites (N-methyl/N-ethyl adjacent to an activating group) is 1. The average molecular weight is 242 g/mol. The third-order valence-corrected chi connectivity index (χ3v) is 3.42. The first-order valence-corrected chi connectivity index (χ1v) is 6.33. The summed E-state index contributed by atoms with van der Waals surface area (Å²) in [6, 6.07) is -0.639. The molecule has 0 saturated carbocycles. The number of carboxylic acid groups (broad SMARTS) is 1. The number of carbonyl (C=O) groups excluding carboxylic acids is 1. The molecule has 1 rings (SSSR count). The molecule has 1 heterocycles. The van der Waals surface area contributed by atoms with Crippen molar-refractivity contribution < 1.29 is 14.7 Å². The van der Waals surface area contributed by atoms with Gasteiger partial charge in [0.05, 0.1) is 6.54 Å². The normalized spacial score (nSPS) is 24.7. The highest BCUT2D eigenvalue weighted by Gasteiger charge is 2.35. The Labute approximate surface area is 102 Å². The van der Waals surface area contributed by atoms with E-state index in [4.69, 9.17) is 0 Å². The second-order valence-corrected chi connectivity index (χ2v) is 4.52. The molecule has 0 bridgehead atoms. The van der Waals surface area contributed by atoms with E-state index in [-0.39, 0.29) is 12.5 Å². The maximum Gasteiger partial charge on any atom is 0.326 e. The lowest BCUT2D eigenvalue weighted by Crippen LogP contribution is -2.52. The molecule has 0 aliphatic carbocycles. The van der Waals surface area contributed by atoms with Gasteiger partial charge in [-0.15, -0.1) is 0 Å². The molecular weight excluding hydrogens is 220 g/mol. The van der Waals surface area contributed by atoms with Gasteiger partial charge in [0.1, 0.15) is 6.04 Å². The largest absolute Gasteiger partial charge is 0.480 e. The van der Waals surface area contributed by atoms with Gasteiger partial charge in [0, 0.05) is 6.54 Å². The predicted molar refractivity (Wildman–Crippen MR) is 64.7 cm³/mol. The molecule has 98 valence electrons. The van der Waals surface area contributed by atoms with Crippen LogP contribution in [0.25, 0.3) is 0 Å². The van der Waals surface area contributed by atoms with E-state index in [0.717, 1.165) is 19.4 Å². The minimum absolute atomic E-state index is 0.103. The van der Waals surface area contributed by atoms with Gasteiger partial charge in [0.25, 0.3) is 0 Å². The number of likely N-dealkylation sites (tertiary alicyclic amines) is 1. The van der Waals surface area contributed by atoms with Crippen LogP contribution in [0.15, 0.2) is 0 Å². The number of nitrogens with zero attached hydrogens (tertiary/aromatic N) is 1. The van der Waals surface area contributed by atoms with Gasteiger partial charge in [-0.2, -0.15) is 0 Å². The highest BCUT2D eigenvalue weighted by atomic mass is 16.4. The first-order valence-electron chi connectivity index (χ1n) is 6.33. The summed E-state index contributed by atoms with van der Waals surface area (Å²) in [5, 5.41) is 12.1. The summed E-state index contributed by atoms with van der Waals surface area (Å²) < 4.78 is 0. The molecule has 0 radical (unpaired) electrons. The van der Waals surface area contributed by atoms with Crippen LogP contribution >= 0.6 is 0 Å². The fourth-order valence-electron chi connectivity index (χ4n) is 2.28. The first kappa shape index (κ1) is 14.0. The zero-order valence-corrected chi connectivity index (χ0v) is 10.6. The summed E-state index contributed by atoms with van der Waals surface area (Å²) in [7, 11) is 0. The molecule has 2 N–H and O–H groups in total. The Morgan fingerprint density at radius 2 is 2.12 bits per heavy atom. The van der Waals surface area contributed by atoms with Crippen LogP contribution in [0.3, 0.4) is 0 Å². The van der Waals surface area contributed by atoms with Gasteiger partial charge < -0.3 is 15.3 Å². The fourth-order valence-corrected chi connectivity index (χ4v) is 2.28. The number of rotatable bonds is 5. The van der Waals surface area contributed by atoms with Crippen LogP contribution in [0.1, 0.15) is 33.1 Å². The average Bonchev–Trinajstić information content (AvgIpc) is 2.35. The van der Waals surface area contributed by atoms with Gasteiger partial charge in [0.15, 0.2) is 0 Å². The number of piperidine rings is 1. The van der Waals surface area contributed by atoms with Crippen LogP contribution in [-0.2, 0) is 9.59 Å². The monoisotopic (exact) mass is 242 g/mol. The van der Waals surface area contributed by atoms with Gasteiger partial charge in [-0.25, -0.2) is 4.79 Å². The lowest BCUT2D eigenvalue weighted by molar-refractivity contribution is -0.152. The SMILES string of the molecule is CCNCC(=O)N1CCC(CC)CC1C(=O)O. The van der Waals surface area contributed by atoms with E-state index >= 15 is 0 Å². The van der Waals surface area contributed by atoms with Crippen LogP contribution < -0.4 is 5.32 Å². The number of amides is 1. The molecule has 5 nitrogen and oxygen atoms in total. The van der Waals surface area contributed by atoms with Crippen molar-refractivity contribution in [2.75, 3.05) is 19.6 Å². The van der Waals surface area contributed by atoms with Crippen molar-refractivity contribution in [3.8, 4) is 0 Å². The molecule has 0 spiro atoms. The van der Waals surface area contributed by atoms with E-state index < -0.39 is 12.0 Å². The van der Waals surface area contributed by atoms with E-state index in [1.54, 1.807) is 0 Å². The van der Waals surface area contributed by atoms with Gasteiger partial charge in [-0.3, -0.25) is 4.79 Å². The number of hydrogen-bond acceptors (Lipinski definition) is 3. The summed E-state index contributed by atoms with van der Waals surface area (Å²) in [5.74, 6) is -0.555. The molecule has 0 aromatic carbocycles. The van der Waals surface area contributed by atoms with E-state index in [2.05, 4.69) is 12.2 Å². The van der Waals surface area contributed by atoms with Crippen LogP contribution in [0.2, 0.25) is 0 Å². The topological polar surface area (TPSA) is 69.6 Å². The molecule has 1 aliphatic heterocycles. The third kappa shape index (κ3) is 3.70. The Kier molecular flexibility index (Phi) is 5.41. The van der Waals surface area contributed by atoms with E-state index in [1.807, 2.05) is 6.92 Å². The van der Waals surface area contributed by atoms with Crippen molar-refractivity contribution in [1.82, 2.24) is 10.2 Å². The molecule has 1 aliphatic rings. The maximum atomic E-state index is 11.9. The van der Waals surface area contributed by atoms with Crippen LogP contribution in [-0.4, -0.2) is 47.6 Å². The quantitative estimate of drug-likeness (QED) is 0.744. The molecule has 2 unspecified atom stereocenters. The standard InChI is InChI=1S/C12H22N2O3/c1-3-9-5-6-14(10(7-9)12(16)17)11(15)8-13-4-2/h9-10,13H,3-8H2,1-2H3,(H,16,17). The number of hydrogen-bond donors (Lipinski definition) is 2. The first-order chi connectivity index (χ1) is 8.10. The molecule has 1 fully saturated rings. The molecule has 1 saturated heterocycles. The third-order valence-electron chi connectivity index (χ3n) is 3.42. The van der Waals surface area contributed by atoms with Crippen molar-refractivity contribution in [1.29, 1.82) is 0 Å². The molecular formula is C12H22N2O3. The van der Waals surface area contributed by atoms with E-state index in [9.17, 15) is 14.7 Å². The van der Waals surface area contributed by atoms with Crippen LogP contribution in [0.5, 0.6) is 0 Å². The summed E-state index contributed by atoms with van der Waals surface area (Å²) >= 11 is 0. The zero-order chi connectivity index (χ0) is 12.8. The predicted octanol–water partition coefficient (Wildman–Crippen LogP) is 0.698. The zero-order valence-electron chi connectivity index (χ0n) is 10.6. The maximum absolute atomic E-state index is 11.9. The van der Waals surface area contributed by atoms with Crippen molar-refractivity contribution in [2.45, 2.75) is 39.2 Å². The highest BCUT2D eigenvalue weighted by Crippen LogP contribution is 2.25. The lowest BCUT2D eigenvalue weighted by atomic mass is 9.89. The number of aliphatic carboxylic acids is 1. The van der Waals surface area contributed by atoms with Crippen molar-refractivity contribution >= 4 is 11.9 Å². The molecule has 5 heteroatoms. The minimum atomic E-state index is -0.881. The lowest BCUT2D eigenvalue weighted by Gasteiger charge is -2.37. The van der Waals surface area contributed by atoms with Gasteiger partial charge in [-0.1, -0.05) is 20.3 Å². The van der Waals surface area contributed by atoms with Gasteiger partial charge in [-0.05, 0) is 25.3 Å². The number of nitrogens with one attached hydrogen (secondary N) is 1. The second-order valence-electron chi connectivity index (χ2n) is 4.52. The second kappa shape index (κ2) is 6.59. The van der Waals surface area contributed by atoms with E-state index in [0.29, 0.717) is 18.9 Å². The van der Waals surface area contributed by atoms with E-state index in [1.165, 1.54) is 4.90 Å². The molecule has 2 atom stereocenters. The number of carbonyl (C=O) groups is 2.